The van der Waals surface area contributed by atoms with Gasteiger partial charge in [0.05, 0.1) is 6.04 Å². The topological polar surface area (TPSA) is 78.5 Å². The van der Waals surface area contributed by atoms with Crippen molar-refractivity contribution >= 4 is 17.8 Å². The maximum Gasteiger partial charge on any atom is 0.325 e. The molecule has 1 aliphatic carbocycles. The van der Waals surface area contributed by atoms with Gasteiger partial charge < -0.3 is 10.6 Å². The molecule has 1 heterocycles. The van der Waals surface area contributed by atoms with Gasteiger partial charge in [0.25, 0.3) is 5.91 Å². The Morgan fingerprint density at radius 1 is 1.32 bits per heavy atom. The van der Waals surface area contributed by atoms with Crippen molar-refractivity contribution in [3.8, 4) is 0 Å². The molecule has 2 aliphatic rings. The van der Waals surface area contributed by atoms with Gasteiger partial charge in [-0.25, -0.2) is 4.79 Å². The smallest absolute Gasteiger partial charge is 0.325 e. The van der Waals surface area contributed by atoms with Gasteiger partial charge in [-0.15, -0.1) is 0 Å². The van der Waals surface area contributed by atoms with Crippen molar-refractivity contribution in [2.45, 2.75) is 51.6 Å². The van der Waals surface area contributed by atoms with E-state index in [0.29, 0.717) is 0 Å². The van der Waals surface area contributed by atoms with Crippen molar-refractivity contribution in [2.24, 2.45) is 5.92 Å². The molecule has 3 rings (SSSR count). The second-order valence-electron chi connectivity index (χ2n) is 7.18. The molecule has 2 fully saturated rings. The van der Waals surface area contributed by atoms with Crippen molar-refractivity contribution in [2.75, 3.05) is 6.54 Å². The van der Waals surface area contributed by atoms with E-state index in [2.05, 4.69) is 17.6 Å². The molecule has 2 N–H and O–H groups in total. The van der Waals surface area contributed by atoms with Crippen molar-refractivity contribution in [3.05, 3.63) is 35.4 Å². The SMILES string of the molecule is CCc1ccc(C(C)NC(=O)CN2C(=O)NC(C)(C3CC3)C2=O)cc1. The van der Waals surface area contributed by atoms with Gasteiger partial charge in [0.15, 0.2) is 0 Å². The molecule has 25 heavy (non-hydrogen) atoms. The Balaban J connectivity index is 1.60. The fraction of sp³-hybridized carbons (Fsp3) is 0.526. The van der Waals surface area contributed by atoms with Crippen LogP contribution in [-0.2, 0) is 16.0 Å². The summed E-state index contributed by atoms with van der Waals surface area (Å²) in [4.78, 5) is 38.0. The maximum atomic E-state index is 12.5. The summed E-state index contributed by atoms with van der Waals surface area (Å²) < 4.78 is 0. The molecule has 134 valence electrons. The Labute approximate surface area is 148 Å². The molecule has 2 atom stereocenters. The lowest BCUT2D eigenvalue weighted by atomic mass is 9.96. The summed E-state index contributed by atoms with van der Waals surface area (Å²) in [5.41, 5.74) is 1.38. The van der Waals surface area contributed by atoms with Crippen molar-refractivity contribution in [1.29, 1.82) is 0 Å². The Kier molecular flexibility index (Phi) is 4.54. The van der Waals surface area contributed by atoms with Crippen LogP contribution in [0.25, 0.3) is 0 Å². The van der Waals surface area contributed by atoms with Gasteiger partial charge in [-0.05, 0) is 50.2 Å². The summed E-state index contributed by atoms with van der Waals surface area (Å²) in [6, 6.07) is 7.39. The lowest BCUT2D eigenvalue weighted by Gasteiger charge is -2.21. The number of carbonyl (C=O) groups excluding carboxylic acids is 3. The largest absolute Gasteiger partial charge is 0.348 e. The lowest BCUT2D eigenvalue weighted by Crippen LogP contribution is -2.47. The zero-order chi connectivity index (χ0) is 18.2. The fourth-order valence-corrected chi connectivity index (χ4v) is 3.35. The first-order valence-electron chi connectivity index (χ1n) is 8.87. The minimum atomic E-state index is -0.848. The van der Waals surface area contributed by atoms with Gasteiger partial charge in [-0.2, -0.15) is 0 Å². The Hall–Kier alpha value is -2.37. The standard InChI is InChI=1S/C19H25N3O3/c1-4-13-5-7-14(8-6-13)12(2)20-16(23)11-22-17(24)19(3,15-9-10-15)21-18(22)25/h5-8,12,15H,4,9-11H2,1-3H3,(H,20,23)(H,21,25). The van der Waals surface area contributed by atoms with E-state index in [1.54, 1.807) is 6.92 Å². The van der Waals surface area contributed by atoms with Gasteiger partial charge in [0.1, 0.15) is 12.1 Å². The summed E-state index contributed by atoms with van der Waals surface area (Å²) in [6.07, 6.45) is 2.84. The molecular weight excluding hydrogens is 318 g/mol. The highest BCUT2D eigenvalue weighted by molar-refractivity contribution is 6.09. The van der Waals surface area contributed by atoms with Crippen LogP contribution in [0, 0.1) is 5.92 Å². The summed E-state index contributed by atoms with van der Waals surface area (Å²) >= 11 is 0. The molecule has 0 radical (unpaired) electrons. The lowest BCUT2D eigenvalue weighted by molar-refractivity contribution is -0.135. The van der Waals surface area contributed by atoms with E-state index in [9.17, 15) is 14.4 Å². The van der Waals surface area contributed by atoms with E-state index >= 15 is 0 Å². The highest BCUT2D eigenvalue weighted by Crippen LogP contribution is 2.42. The van der Waals surface area contributed by atoms with Crippen LogP contribution in [0.15, 0.2) is 24.3 Å². The summed E-state index contributed by atoms with van der Waals surface area (Å²) in [7, 11) is 0. The van der Waals surface area contributed by atoms with Crippen LogP contribution in [-0.4, -0.2) is 34.8 Å². The number of benzene rings is 1. The van der Waals surface area contributed by atoms with E-state index in [4.69, 9.17) is 0 Å². The van der Waals surface area contributed by atoms with Crippen LogP contribution in [0.1, 0.15) is 50.8 Å². The number of rotatable bonds is 6. The number of amides is 4. The van der Waals surface area contributed by atoms with E-state index in [0.717, 1.165) is 29.7 Å². The molecule has 4 amide bonds. The zero-order valence-electron chi connectivity index (χ0n) is 15.0. The average molecular weight is 343 g/mol. The first-order valence-corrected chi connectivity index (χ1v) is 8.87. The number of hydrogen-bond acceptors (Lipinski definition) is 3. The number of aryl methyl sites for hydroxylation is 1. The number of carbonyl (C=O) groups is 3. The van der Waals surface area contributed by atoms with E-state index in [-0.39, 0.29) is 30.3 Å². The highest BCUT2D eigenvalue weighted by atomic mass is 16.2. The normalized spacial score (nSPS) is 24.2. The predicted octanol–water partition coefficient (Wildman–Crippen LogP) is 2.15. The van der Waals surface area contributed by atoms with Gasteiger partial charge in [-0.1, -0.05) is 31.2 Å². The van der Waals surface area contributed by atoms with Crippen molar-refractivity contribution in [3.63, 3.8) is 0 Å². The Bertz CT molecular complexity index is 696. The van der Waals surface area contributed by atoms with Crippen LogP contribution in [0.5, 0.6) is 0 Å². The third kappa shape index (κ3) is 3.38. The second kappa shape index (κ2) is 6.50. The molecule has 6 nitrogen and oxygen atoms in total. The van der Waals surface area contributed by atoms with Crippen LogP contribution in [0.2, 0.25) is 0 Å². The molecular formula is C19H25N3O3. The summed E-state index contributed by atoms with van der Waals surface area (Å²) in [6.45, 7) is 5.48. The maximum absolute atomic E-state index is 12.5. The third-order valence-corrected chi connectivity index (χ3v) is 5.26. The molecule has 1 saturated carbocycles. The van der Waals surface area contributed by atoms with Gasteiger partial charge in [-0.3, -0.25) is 14.5 Å². The number of imide groups is 1. The van der Waals surface area contributed by atoms with Crippen LogP contribution in [0.3, 0.4) is 0 Å². The second-order valence-corrected chi connectivity index (χ2v) is 7.18. The number of nitrogens with zero attached hydrogens (tertiary/aromatic N) is 1. The molecule has 1 saturated heterocycles. The van der Waals surface area contributed by atoms with Crippen molar-refractivity contribution < 1.29 is 14.4 Å². The van der Waals surface area contributed by atoms with Crippen LogP contribution in [0.4, 0.5) is 4.79 Å². The zero-order valence-corrected chi connectivity index (χ0v) is 15.0. The highest BCUT2D eigenvalue weighted by Gasteiger charge is 2.56. The summed E-state index contributed by atoms with van der Waals surface area (Å²) in [5, 5.41) is 5.61. The first-order chi connectivity index (χ1) is 11.8. The summed E-state index contributed by atoms with van der Waals surface area (Å²) in [5.74, 6) is -0.446. The molecule has 1 aliphatic heterocycles. The molecule has 2 unspecified atom stereocenters. The van der Waals surface area contributed by atoms with E-state index in [1.165, 1.54) is 5.56 Å². The third-order valence-electron chi connectivity index (χ3n) is 5.26. The van der Waals surface area contributed by atoms with Gasteiger partial charge in [0, 0.05) is 0 Å². The molecule has 0 spiro atoms. The predicted molar refractivity (Wildman–Crippen MR) is 93.8 cm³/mol. The monoisotopic (exact) mass is 343 g/mol. The first kappa shape index (κ1) is 17.5. The average Bonchev–Trinajstić information content (AvgIpc) is 3.41. The Morgan fingerprint density at radius 3 is 2.52 bits per heavy atom. The number of nitrogens with one attached hydrogen (secondary N) is 2. The number of urea groups is 1. The van der Waals surface area contributed by atoms with E-state index in [1.807, 2.05) is 31.2 Å². The fourth-order valence-electron chi connectivity index (χ4n) is 3.35. The quantitative estimate of drug-likeness (QED) is 0.777. The van der Waals surface area contributed by atoms with E-state index < -0.39 is 11.6 Å². The van der Waals surface area contributed by atoms with Crippen LogP contribution >= 0.6 is 0 Å². The van der Waals surface area contributed by atoms with Crippen LogP contribution < -0.4 is 10.6 Å². The minimum absolute atomic E-state index is 0.186. The van der Waals surface area contributed by atoms with Crippen molar-refractivity contribution in [1.82, 2.24) is 15.5 Å². The molecule has 1 aromatic carbocycles. The number of hydrogen-bond donors (Lipinski definition) is 2. The molecule has 6 heteroatoms. The minimum Gasteiger partial charge on any atom is -0.348 e. The van der Waals surface area contributed by atoms with Gasteiger partial charge >= 0.3 is 6.03 Å². The molecule has 1 aromatic rings. The van der Waals surface area contributed by atoms with Gasteiger partial charge in [0.2, 0.25) is 5.91 Å². The molecule has 0 bridgehead atoms. The Morgan fingerprint density at radius 2 is 1.96 bits per heavy atom. The molecule has 0 aromatic heterocycles.